The molecule has 0 saturated heterocycles. The van der Waals surface area contributed by atoms with Crippen LogP contribution in [0.15, 0.2) is 97.1 Å². The predicted molar refractivity (Wildman–Crippen MR) is 103 cm³/mol. The molecule has 2 nitrogen and oxygen atoms in total. The van der Waals surface area contributed by atoms with E-state index in [2.05, 4.69) is 71.3 Å². The highest BCUT2D eigenvalue weighted by Crippen LogP contribution is 2.32. The van der Waals surface area contributed by atoms with E-state index in [1.807, 2.05) is 36.4 Å². The van der Waals surface area contributed by atoms with E-state index < -0.39 is 0 Å². The molecule has 0 bridgehead atoms. The lowest BCUT2D eigenvalue weighted by Gasteiger charge is -2.15. The molecule has 0 fully saturated rings. The van der Waals surface area contributed by atoms with Crippen molar-refractivity contribution in [2.24, 2.45) is 0 Å². The topological polar surface area (TPSA) is 24.1 Å². The zero-order valence-electron chi connectivity index (χ0n) is 13.2. The predicted octanol–water partition coefficient (Wildman–Crippen LogP) is 6.33. The maximum absolute atomic E-state index is 3.52. The fraction of sp³-hybridized carbons (Fsp3) is 0. The number of hydrogen-bond acceptors (Lipinski definition) is 2. The van der Waals surface area contributed by atoms with Gasteiger partial charge in [0.1, 0.15) is 0 Å². The Balaban J connectivity index is 1.78. The average molecular weight is 310 g/mol. The maximum Gasteiger partial charge on any atom is 0.0629 e. The van der Waals surface area contributed by atoms with Crippen molar-refractivity contribution in [2.45, 2.75) is 0 Å². The van der Waals surface area contributed by atoms with E-state index in [0.717, 1.165) is 22.7 Å². The minimum Gasteiger partial charge on any atom is -0.354 e. The number of nitrogens with one attached hydrogen (secondary N) is 2. The summed E-state index contributed by atoms with van der Waals surface area (Å²) >= 11 is 0. The van der Waals surface area contributed by atoms with Gasteiger partial charge in [-0.25, -0.2) is 0 Å². The molecule has 4 rings (SSSR count). The monoisotopic (exact) mass is 310 g/mol. The summed E-state index contributed by atoms with van der Waals surface area (Å²) in [5.41, 5.74) is 4.26. The van der Waals surface area contributed by atoms with Gasteiger partial charge < -0.3 is 10.6 Å². The number of fused-ring (bicyclic) bond motifs is 1. The van der Waals surface area contributed by atoms with Gasteiger partial charge in [0.05, 0.1) is 11.4 Å². The van der Waals surface area contributed by atoms with E-state index in [9.17, 15) is 0 Å². The minimum atomic E-state index is 1.06. The molecule has 0 atom stereocenters. The molecule has 0 amide bonds. The normalized spacial score (nSPS) is 10.5. The minimum absolute atomic E-state index is 1.06. The molecule has 4 aromatic carbocycles. The van der Waals surface area contributed by atoms with Gasteiger partial charge in [0.2, 0.25) is 0 Å². The molecule has 4 aromatic rings. The van der Waals surface area contributed by atoms with Crippen molar-refractivity contribution in [1.82, 2.24) is 0 Å². The molecule has 0 spiro atoms. The first-order valence-corrected chi connectivity index (χ1v) is 8.05. The molecule has 0 aliphatic rings. The second-order valence-electron chi connectivity index (χ2n) is 5.73. The summed E-state index contributed by atoms with van der Waals surface area (Å²) in [6, 6.07) is 33.3. The average Bonchev–Trinajstić information content (AvgIpc) is 2.64. The van der Waals surface area contributed by atoms with Crippen LogP contribution in [0.3, 0.4) is 0 Å². The van der Waals surface area contributed by atoms with Gasteiger partial charge in [0, 0.05) is 11.4 Å². The van der Waals surface area contributed by atoms with Gasteiger partial charge in [-0.15, -0.1) is 0 Å². The molecule has 24 heavy (non-hydrogen) atoms. The second kappa shape index (κ2) is 6.47. The first-order valence-electron chi connectivity index (χ1n) is 8.05. The van der Waals surface area contributed by atoms with Crippen molar-refractivity contribution < 1.29 is 0 Å². The molecule has 0 radical (unpaired) electrons. The standard InChI is InChI=1S/C22H18N2/c1-3-11-19(12-4-1)23-21-15-17-9-7-8-10-18(17)16-22(21)24-20-13-5-2-6-14-20/h1-16,23-24H. The van der Waals surface area contributed by atoms with E-state index in [1.165, 1.54) is 10.8 Å². The van der Waals surface area contributed by atoms with E-state index in [1.54, 1.807) is 0 Å². The SMILES string of the molecule is c1ccc(Nc2cc3ccccc3cc2Nc2ccccc2)cc1. The van der Waals surface area contributed by atoms with Crippen molar-refractivity contribution in [3.63, 3.8) is 0 Å². The van der Waals surface area contributed by atoms with Crippen molar-refractivity contribution in [1.29, 1.82) is 0 Å². The fourth-order valence-electron chi connectivity index (χ4n) is 2.80. The Morgan fingerprint density at radius 1 is 0.417 bits per heavy atom. The molecule has 0 unspecified atom stereocenters. The van der Waals surface area contributed by atoms with Gasteiger partial charge in [-0.3, -0.25) is 0 Å². The lowest BCUT2D eigenvalue weighted by molar-refractivity contribution is 1.52. The highest BCUT2D eigenvalue weighted by Gasteiger charge is 2.06. The third-order valence-corrected chi connectivity index (χ3v) is 3.99. The van der Waals surface area contributed by atoms with Crippen LogP contribution in [0, 0.1) is 0 Å². The van der Waals surface area contributed by atoms with Crippen LogP contribution >= 0.6 is 0 Å². The summed E-state index contributed by atoms with van der Waals surface area (Å²) in [6.07, 6.45) is 0. The van der Waals surface area contributed by atoms with Gasteiger partial charge in [-0.05, 0) is 47.2 Å². The smallest absolute Gasteiger partial charge is 0.0629 e. The Morgan fingerprint density at radius 2 is 0.792 bits per heavy atom. The molecule has 2 heteroatoms. The van der Waals surface area contributed by atoms with E-state index in [-0.39, 0.29) is 0 Å². The zero-order chi connectivity index (χ0) is 16.2. The lowest BCUT2D eigenvalue weighted by atomic mass is 10.1. The summed E-state index contributed by atoms with van der Waals surface area (Å²) in [4.78, 5) is 0. The molecular weight excluding hydrogens is 292 g/mol. The lowest BCUT2D eigenvalue weighted by Crippen LogP contribution is -1.97. The molecule has 0 heterocycles. The summed E-state index contributed by atoms with van der Waals surface area (Å²) in [5.74, 6) is 0. The van der Waals surface area contributed by atoms with Crippen LogP contribution in [0.5, 0.6) is 0 Å². The zero-order valence-corrected chi connectivity index (χ0v) is 13.2. The van der Waals surface area contributed by atoms with Gasteiger partial charge in [-0.1, -0.05) is 60.7 Å². The number of benzene rings is 4. The highest BCUT2D eigenvalue weighted by molar-refractivity contribution is 5.94. The maximum atomic E-state index is 3.52. The van der Waals surface area contributed by atoms with E-state index in [4.69, 9.17) is 0 Å². The van der Waals surface area contributed by atoms with Crippen LogP contribution < -0.4 is 10.6 Å². The van der Waals surface area contributed by atoms with Gasteiger partial charge in [-0.2, -0.15) is 0 Å². The highest BCUT2D eigenvalue weighted by atomic mass is 15.0. The van der Waals surface area contributed by atoms with E-state index >= 15 is 0 Å². The largest absolute Gasteiger partial charge is 0.354 e. The Kier molecular flexibility index (Phi) is 3.86. The van der Waals surface area contributed by atoms with Crippen molar-refractivity contribution in [3.8, 4) is 0 Å². The molecule has 0 saturated carbocycles. The van der Waals surface area contributed by atoms with Gasteiger partial charge >= 0.3 is 0 Å². The Bertz CT molecular complexity index is 867. The number of hydrogen-bond donors (Lipinski definition) is 2. The third-order valence-electron chi connectivity index (χ3n) is 3.99. The summed E-state index contributed by atoms with van der Waals surface area (Å²) in [7, 11) is 0. The Hall–Kier alpha value is -3.26. The quantitative estimate of drug-likeness (QED) is 0.460. The second-order valence-corrected chi connectivity index (χ2v) is 5.73. The molecular formula is C22H18N2. The third kappa shape index (κ3) is 3.08. The van der Waals surface area contributed by atoms with Crippen LogP contribution in [0.1, 0.15) is 0 Å². The van der Waals surface area contributed by atoms with Crippen LogP contribution in [0.2, 0.25) is 0 Å². The summed E-state index contributed by atoms with van der Waals surface area (Å²) < 4.78 is 0. The molecule has 0 aliphatic carbocycles. The first kappa shape index (κ1) is 14.3. The molecule has 2 N–H and O–H groups in total. The van der Waals surface area contributed by atoms with Crippen molar-refractivity contribution in [2.75, 3.05) is 10.6 Å². The Morgan fingerprint density at radius 3 is 1.21 bits per heavy atom. The summed E-state index contributed by atoms with van der Waals surface area (Å²) in [6.45, 7) is 0. The van der Waals surface area contributed by atoms with Crippen LogP contribution in [-0.2, 0) is 0 Å². The molecule has 0 aliphatic heterocycles. The summed E-state index contributed by atoms with van der Waals surface area (Å²) in [5, 5.41) is 9.48. The molecule has 116 valence electrons. The number of anilines is 4. The van der Waals surface area contributed by atoms with Crippen LogP contribution in [0.4, 0.5) is 22.7 Å². The van der Waals surface area contributed by atoms with Crippen molar-refractivity contribution in [3.05, 3.63) is 97.1 Å². The number of rotatable bonds is 4. The van der Waals surface area contributed by atoms with E-state index in [0.29, 0.717) is 0 Å². The Labute approximate surface area is 141 Å². The van der Waals surface area contributed by atoms with Crippen LogP contribution in [-0.4, -0.2) is 0 Å². The first-order chi connectivity index (χ1) is 11.9. The fourth-order valence-corrected chi connectivity index (χ4v) is 2.80. The van der Waals surface area contributed by atoms with Gasteiger partial charge in [0.15, 0.2) is 0 Å². The van der Waals surface area contributed by atoms with Gasteiger partial charge in [0.25, 0.3) is 0 Å². The van der Waals surface area contributed by atoms with Crippen LogP contribution in [0.25, 0.3) is 10.8 Å². The van der Waals surface area contributed by atoms with Crippen molar-refractivity contribution >= 4 is 33.5 Å². The molecule has 0 aromatic heterocycles. The number of para-hydroxylation sites is 2.